The van der Waals surface area contributed by atoms with E-state index in [4.69, 9.17) is 0 Å². The first-order chi connectivity index (χ1) is 9.15. The Labute approximate surface area is 112 Å². The third kappa shape index (κ3) is 2.30. The minimum absolute atomic E-state index is 0.0195. The van der Waals surface area contributed by atoms with Gasteiger partial charge >= 0.3 is 0 Å². The van der Waals surface area contributed by atoms with E-state index >= 15 is 0 Å². The molecule has 1 amide bonds. The lowest BCUT2D eigenvalue weighted by atomic mass is 9.94. The Kier molecular flexibility index (Phi) is 3.14. The molecule has 2 aliphatic heterocycles. The van der Waals surface area contributed by atoms with Gasteiger partial charge in [0.2, 0.25) is 0 Å². The summed E-state index contributed by atoms with van der Waals surface area (Å²) in [6.45, 7) is 2.62. The number of pyridine rings is 1. The SMILES string of the molecule is Cn1ccc(C(=O)N2C[C@@H]3CCCN[C@@H]3C2)cc1=O. The molecule has 102 valence electrons. The molecule has 3 heterocycles. The monoisotopic (exact) mass is 261 g/mol. The van der Waals surface area contributed by atoms with Gasteiger partial charge < -0.3 is 14.8 Å². The molecule has 0 aliphatic carbocycles. The number of aryl methyl sites for hydroxylation is 1. The number of amides is 1. The molecule has 19 heavy (non-hydrogen) atoms. The number of nitrogens with one attached hydrogen (secondary N) is 1. The molecule has 2 saturated heterocycles. The first-order valence-electron chi connectivity index (χ1n) is 6.84. The van der Waals surface area contributed by atoms with Crippen LogP contribution < -0.4 is 10.9 Å². The Morgan fingerprint density at radius 3 is 3.00 bits per heavy atom. The molecule has 0 unspecified atom stereocenters. The van der Waals surface area contributed by atoms with Crippen molar-refractivity contribution in [3.8, 4) is 0 Å². The number of fused-ring (bicyclic) bond motifs is 1. The van der Waals surface area contributed by atoms with E-state index in [1.807, 2.05) is 4.90 Å². The minimum Gasteiger partial charge on any atom is -0.337 e. The number of carbonyl (C=O) groups is 1. The molecule has 1 aromatic heterocycles. The zero-order valence-electron chi connectivity index (χ0n) is 11.1. The number of hydrogen-bond donors (Lipinski definition) is 1. The summed E-state index contributed by atoms with van der Waals surface area (Å²) in [7, 11) is 1.69. The van der Waals surface area contributed by atoms with E-state index in [2.05, 4.69) is 5.32 Å². The lowest BCUT2D eigenvalue weighted by molar-refractivity contribution is 0.0785. The minimum atomic E-state index is -0.138. The van der Waals surface area contributed by atoms with Gasteiger partial charge in [0.25, 0.3) is 11.5 Å². The Morgan fingerprint density at radius 1 is 1.42 bits per heavy atom. The fourth-order valence-electron chi connectivity index (χ4n) is 3.08. The van der Waals surface area contributed by atoms with Crippen LogP contribution in [0.15, 0.2) is 23.1 Å². The first kappa shape index (κ1) is 12.4. The number of likely N-dealkylation sites (tertiary alicyclic amines) is 1. The number of nitrogens with zero attached hydrogens (tertiary/aromatic N) is 2. The van der Waals surface area contributed by atoms with E-state index in [1.165, 1.54) is 23.5 Å². The van der Waals surface area contributed by atoms with Crippen molar-refractivity contribution in [2.45, 2.75) is 18.9 Å². The van der Waals surface area contributed by atoms with Crippen LogP contribution in [0.25, 0.3) is 0 Å². The van der Waals surface area contributed by atoms with Gasteiger partial charge in [-0.25, -0.2) is 0 Å². The molecular weight excluding hydrogens is 242 g/mol. The number of rotatable bonds is 1. The largest absolute Gasteiger partial charge is 0.337 e. The normalized spacial score (nSPS) is 26.3. The van der Waals surface area contributed by atoms with Crippen molar-refractivity contribution in [3.05, 3.63) is 34.2 Å². The number of hydrogen-bond acceptors (Lipinski definition) is 3. The predicted octanol–water partition coefficient (Wildman–Crippen LogP) is 0.209. The Bertz CT molecular complexity index is 538. The smallest absolute Gasteiger partial charge is 0.254 e. The van der Waals surface area contributed by atoms with Crippen LogP contribution in [0.1, 0.15) is 23.2 Å². The second-order valence-corrected chi connectivity index (χ2v) is 5.54. The molecule has 1 aromatic rings. The highest BCUT2D eigenvalue weighted by molar-refractivity contribution is 5.94. The van der Waals surface area contributed by atoms with Crippen LogP contribution in [0, 0.1) is 5.92 Å². The van der Waals surface area contributed by atoms with Gasteiger partial charge in [-0.3, -0.25) is 9.59 Å². The van der Waals surface area contributed by atoms with Crippen LogP contribution in [-0.4, -0.2) is 41.1 Å². The maximum absolute atomic E-state index is 12.4. The van der Waals surface area contributed by atoms with Crippen LogP contribution in [-0.2, 0) is 7.05 Å². The quantitative estimate of drug-likeness (QED) is 0.786. The van der Waals surface area contributed by atoms with Crippen molar-refractivity contribution in [2.24, 2.45) is 13.0 Å². The third-order valence-corrected chi connectivity index (χ3v) is 4.24. The molecule has 2 fully saturated rings. The molecule has 1 N–H and O–H groups in total. The van der Waals surface area contributed by atoms with Gasteiger partial charge in [0.1, 0.15) is 0 Å². The summed E-state index contributed by atoms with van der Waals surface area (Å²) in [5, 5.41) is 3.48. The fourth-order valence-corrected chi connectivity index (χ4v) is 3.08. The lowest BCUT2D eigenvalue weighted by Crippen LogP contribution is -2.41. The van der Waals surface area contributed by atoms with E-state index < -0.39 is 0 Å². The maximum atomic E-state index is 12.4. The van der Waals surface area contributed by atoms with Crippen LogP contribution >= 0.6 is 0 Å². The maximum Gasteiger partial charge on any atom is 0.254 e. The fraction of sp³-hybridized carbons (Fsp3) is 0.571. The second kappa shape index (κ2) is 4.81. The molecule has 3 rings (SSSR count). The van der Waals surface area contributed by atoms with Crippen molar-refractivity contribution in [1.82, 2.24) is 14.8 Å². The van der Waals surface area contributed by atoms with Gasteiger partial charge in [0, 0.05) is 44.0 Å². The molecular formula is C14H19N3O2. The predicted molar refractivity (Wildman–Crippen MR) is 72.1 cm³/mol. The summed E-state index contributed by atoms with van der Waals surface area (Å²) in [6.07, 6.45) is 4.03. The van der Waals surface area contributed by atoms with Crippen LogP contribution in [0.5, 0.6) is 0 Å². The third-order valence-electron chi connectivity index (χ3n) is 4.24. The van der Waals surface area contributed by atoms with Crippen LogP contribution in [0.3, 0.4) is 0 Å². The van der Waals surface area contributed by atoms with E-state index in [1.54, 1.807) is 19.3 Å². The van der Waals surface area contributed by atoms with Crippen LogP contribution in [0.4, 0.5) is 0 Å². The number of carbonyl (C=O) groups excluding carboxylic acids is 1. The summed E-state index contributed by atoms with van der Waals surface area (Å²) in [6, 6.07) is 3.58. The Morgan fingerprint density at radius 2 is 2.26 bits per heavy atom. The topological polar surface area (TPSA) is 54.3 Å². The Hall–Kier alpha value is -1.62. The molecule has 5 nitrogen and oxygen atoms in total. The molecule has 5 heteroatoms. The molecule has 0 spiro atoms. The highest BCUT2D eigenvalue weighted by Gasteiger charge is 2.36. The van der Waals surface area contributed by atoms with Crippen molar-refractivity contribution < 1.29 is 4.79 Å². The molecule has 2 atom stereocenters. The summed E-state index contributed by atoms with van der Waals surface area (Å²) in [5.41, 5.74) is 0.363. The summed E-state index contributed by atoms with van der Waals surface area (Å²) in [4.78, 5) is 25.9. The molecule has 0 saturated carbocycles. The van der Waals surface area contributed by atoms with Crippen molar-refractivity contribution in [1.29, 1.82) is 0 Å². The highest BCUT2D eigenvalue weighted by Crippen LogP contribution is 2.25. The van der Waals surface area contributed by atoms with Gasteiger partial charge in [-0.15, -0.1) is 0 Å². The summed E-state index contributed by atoms with van der Waals surface area (Å²) < 4.78 is 1.47. The number of piperidine rings is 1. The Balaban J connectivity index is 1.77. The van der Waals surface area contributed by atoms with Gasteiger partial charge in [0.15, 0.2) is 0 Å². The van der Waals surface area contributed by atoms with Crippen molar-refractivity contribution in [2.75, 3.05) is 19.6 Å². The van der Waals surface area contributed by atoms with Crippen LogP contribution in [0.2, 0.25) is 0 Å². The van der Waals surface area contributed by atoms with Gasteiger partial charge in [-0.05, 0) is 31.4 Å². The average molecular weight is 261 g/mol. The zero-order chi connectivity index (χ0) is 13.4. The molecule has 2 aliphatic rings. The molecule has 0 radical (unpaired) electrons. The molecule has 0 aromatic carbocycles. The second-order valence-electron chi connectivity index (χ2n) is 5.54. The van der Waals surface area contributed by atoms with Crippen molar-refractivity contribution >= 4 is 5.91 Å². The van der Waals surface area contributed by atoms with Gasteiger partial charge in [0.05, 0.1) is 0 Å². The lowest BCUT2D eigenvalue weighted by Gasteiger charge is -2.24. The zero-order valence-corrected chi connectivity index (χ0v) is 11.1. The summed E-state index contributed by atoms with van der Waals surface area (Å²) >= 11 is 0. The molecule has 0 bridgehead atoms. The standard InChI is InChI=1S/C14H19N3O2/c1-16-6-4-10(7-13(16)18)14(19)17-8-11-3-2-5-15-12(11)9-17/h4,6-7,11-12,15H,2-3,5,8-9H2,1H3/t11-,12+/m0/s1. The highest BCUT2D eigenvalue weighted by atomic mass is 16.2. The first-order valence-corrected chi connectivity index (χ1v) is 6.84. The van der Waals surface area contributed by atoms with Gasteiger partial charge in [-0.2, -0.15) is 0 Å². The summed E-state index contributed by atoms with van der Waals surface area (Å²) in [5.74, 6) is 0.554. The number of aromatic nitrogens is 1. The van der Waals surface area contributed by atoms with E-state index in [0.717, 1.165) is 19.6 Å². The van der Waals surface area contributed by atoms with Gasteiger partial charge in [-0.1, -0.05) is 0 Å². The van der Waals surface area contributed by atoms with Crippen molar-refractivity contribution in [3.63, 3.8) is 0 Å². The van der Waals surface area contributed by atoms with E-state index in [-0.39, 0.29) is 11.5 Å². The van der Waals surface area contributed by atoms with E-state index in [0.29, 0.717) is 17.5 Å². The average Bonchev–Trinajstić information content (AvgIpc) is 2.85. The van der Waals surface area contributed by atoms with E-state index in [9.17, 15) is 9.59 Å².